The quantitative estimate of drug-likeness (QED) is 0.547. The number of hydrogen-bond donors (Lipinski definition) is 3. The van der Waals surface area contributed by atoms with Gasteiger partial charge in [-0.15, -0.1) is 0 Å². The van der Waals surface area contributed by atoms with Gasteiger partial charge in [0.2, 0.25) is 0 Å². The molecular formula is C21H21F2N5O2S. The Morgan fingerprint density at radius 1 is 1.16 bits per heavy atom. The lowest BCUT2D eigenvalue weighted by Gasteiger charge is -2.27. The fourth-order valence-electron chi connectivity index (χ4n) is 3.45. The molecule has 1 fully saturated rings. The van der Waals surface area contributed by atoms with Crippen LogP contribution in [0.1, 0.15) is 36.2 Å². The Morgan fingerprint density at radius 2 is 1.87 bits per heavy atom. The second-order valence-corrected chi connectivity index (χ2v) is 8.34. The number of benzene rings is 1. The van der Waals surface area contributed by atoms with Gasteiger partial charge in [0.25, 0.3) is 5.91 Å². The van der Waals surface area contributed by atoms with E-state index in [0.29, 0.717) is 11.4 Å². The minimum absolute atomic E-state index is 0.00201. The predicted molar refractivity (Wildman–Crippen MR) is 115 cm³/mol. The van der Waals surface area contributed by atoms with Crippen molar-refractivity contribution in [2.75, 3.05) is 11.1 Å². The van der Waals surface area contributed by atoms with E-state index in [2.05, 4.69) is 15.3 Å². The molecule has 0 aliphatic heterocycles. The minimum Gasteiger partial charge on any atom is -0.488 e. The molecule has 0 radical (unpaired) electrons. The molecule has 1 amide bonds. The summed E-state index contributed by atoms with van der Waals surface area (Å²) < 4.78 is 34.2. The second kappa shape index (κ2) is 8.94. The number of nitrogens with zero attached hydrogens (tertiary/aromatic N) is 2. The highest BCUT2D eigenvalue weighted by atomic mass is 32.1. The third-order valence-corrected chi connectivity index (χ3v) is 5.99. The molecule has 4 rings (SSSR count). The van der Waals surface area contributed by atoms with Crippen molar-refractivity contribution in [3.8, 4) is 16.3 Å². The van der Waals surface area contributed by atoms with Gasteiger partial charge in [0.15, 0.2) is 5.69 Å². The highest BCUT2D eigenvalue weighted by Crippen LogP contribution is 2.34. The van der Waals surface area contributed by atoms with E-state index in [4.69, 9.17) is 16.2 Å². The number of rotatable bonds is 5. The Labute approximate surface area is 181 Å². The van der Waals surface area contributed by atoms with E-state index in [1.807, 2.05) is 0 Å². The van der Waals surface area contributed by atoms with Crippen molar-refractivity contribution in [1.29, 1.82) is 0 Å². The van der Waals surface area contributed by atoms with Gasteiger partial charge < -0.3 is 21.5 Å². The number of nitrogens with two attached hydrogens (primary N) is 2. The van der Waals surface area contributed by atoms with Crippen LogP contribution in [0.25, 0.3) is 10.6 Å². The van der Waals surface area contributed by atoms with Crippen LogP contribution in [0.3, 0.4) is 0 Å². The van der Waals surface area contributed by atoms with Crippen LogP contribution in [0.5, 0.6) is 5.75 Å². The molecule has 0 atom stereocenters. The fraction of sp³-hybridized carbons (Fsp3) is 0.286. The highest BCUT2D eigenvalue weighted by molar-refractivity contribution is 7.19. The number of nitrogen functional groups attached to an aromatic ring is 1. The maximum absolute atomic E-state index is 14.1. The van der Waals surface area contributed by atoms with Crippen LogP contribution in [0.15, 0.2) is 36.7 Å². The molecule has 3 aromatic rings. The van der Waals surface area contributed by atoms with Crippen LogP contribution in [0, 0.1) is 11.6 Å². The zero-order valence-corrected chi connectivity index (χ0v) is 17.3. The van der Waals surface area contributed by atoms with Gasteiger partial charge in [-0.3, -0.25) is 9.78 Å². The number of nitrogens with one attached hydrogen (secondary N) is 1. The average molecular weight is 445 g/mol. The third kappa shape index (κ3) is 4.64. The van der Waals surface area contributed by atoms with Gasteiger partial charge in [-0.2, -0.15) is 0 Å². The van der Waals surface area contributed by atoms with Gasteiger partial charge in [-0.25, -0.2) is 13.8 Å². The van der Waals surface area contributed by atoms with Crippen molar-refractivity contribution in [2.24, 2.45) is 5.73 Å². The lowest BCUT2D eigenvalue weighted by Crippen LogP contribution is -2.31. The monoisotopic (exact) mass is 445 g/mol. The molecule has 0 unspecified atom stereocenters. The lowest BCUT2D eigenvalue weighted by molar-refractivity contribution is 0.102. The normalized spacial score (nSPS) is 18.5. The first-order valence-electron chi connectivity index (χ1n) is 9.80. The van der Waals surface area contributed by atoms with Gasteiger partial charge in [0, 0.05) is 18.3 Å². The van der Waals surface area contributed by atoms with Crippen LogP contribution in [-0.2, 0) is 0 Å². The van der Waals surface area contributed by atoms with Crippen molar-refractivity contribution in [3.05, 3.63) is 54.0 Å². The molecule has 31 heavy (non-hydrogen) atoms. The minimum atomic E-state index is -0.782. The van der Waals surface area contributed by atoms with Crippen LogP contribution >= 0.6 is 11.3 Å². The first-order valence-corrected chi connectivity index (χ1v) is 10.6. The molecule has 0 saturated heterocycles. The number of pyridine rings is 1. The summed E-state index contributed by atoms with van der Waals surface area (Å²) in [5, 5.41) is 2.72. The average Bonchev–Trinajstić information content (AvgIpc) is 3.12. The molecule has 10 heteroatoms. The predicted octanol–water partition coefficient (Wildman–Crippen LogP) is 3.97. The summed E-state index contributed by atoms with van der Waals surface area (Å²) in [5.41, 5.74) is 11.8. The van der Waals surface area contributed by atoms with E-state index in [1.165, 1.54) is 12.3 Å². The number of aromatic nitrogens is 2. The molecule has 5 N–H and O–H groups in total. The number of halogens is 2. The van der Waals surface area contributed by atoms with Crippen molar-refractivity contribution in [1.82, 2.24) is 9.97 Å². The molecule has 162 valence electrons. The van der Waals surface area contributed by atoms with Gasteiger partial charge in [0.1, 0.15) is 33.1 Å². The first-order chi connectivity index (χ1) is 14.9. The van der Waals surface area contributed by atoms with E-state index in [-0.39, 0.29) is 33.4 Å². The molecule has 7 nitrogen and oxygen atoms in total. The Kier molecular flexibility index (Phi) is 6.10. The van der Waals surface area contributed by atoms with E-state index < -0.39 is 17.5 Å². The first kappa shape index (κ1) is 21.1. The molecular weight excluding hydrogens is 424 g/mol. The van der Waals surface area contributed by atoms with Gasteiger partial charge in [-0.1, -0.05) is 17.4 Å². The number of carbonyl (C=O) groups excluding carboxylic acids is 1. The molecule has 0 spiro atoms. The van der Waals surface area contributed by atoms with Crippen molar-refractivity contribution >= 4 is 27.9 Å². The SMILES string of the molecule is Nc1sc(-c2c(F)cccc2F)nc1C(=O)Nc1cnccc1O[C@H]1CC[C@H](N)CC1. The third-order valence-electron chi connectivity index (χ3n) is 5.09. The molecule has 1 aliphatic carbocycles. The summed E-state index contributed by atoms with van der Waals surface area (Å²) in [7, 11) is 0. The topological polar surface area (TPSA) is 116 Å². The van der Waals surface area contributed by atoms with Crippen molar-refractivity contribution in [2.45, 2.75) is 37.8 Å². The maximum Gasteiger partial charge on any atom is 0.277 e. The molecule has 1 saturated carbocycles. The van der Waals surface area contributed by atoms with Gasteiger partial charge in [-0.05, 0) is 37.8 Å². The van der Waals surface area contributed by atoms with Crippen molar-refractivity contribution in [3.63, 3.8) is 0 Å². The van der Waals surface area contributed by atoms with E-state index in [9.17, 15) is 13.6 Å². The summed E-state index contributed by atoms with van der Waals surface area (Å²) in [6, 6.07) is 5.34. The summed E-state index contributed by atoms with van der Waals surface area (Å²) >= 11 is 0.835. The second-order valence-electron chi connectivity index (χ2n) is 7.31. The fourth-order valence-corrected chi connectivity index (χ4v) is 4.33. The Bertz CT molecular complexity index is 1080. The maximum atomic E-state index is 14.1. The number of anilines is 2. The van der Waals surface area contributed by atoms with Crippen molar-refractivity contribution < 1.29 is 18.3 Å². The number of thiazole rings is 1. The summed E-state index contributed by atoms with van der Waals surface area (Å²) in [5.74, 6) is -1.72. The molecule has 2 heterocycles. The van der Waals surface area contributed by atoms with Crippen LogP contribution < -0.4 is 21.5 Å². The van der Waals surface area contributed by atoms with Gasteiger partial charge in [0.05, 0.1) is 17.9 Å². The summed E-state index contributed by atoms with van der Waals surface area (Å²) in [4.78, 5) is 20.9. The highest BCUT2D eigenvalue weighted by Gasteiger charge is 2.24. The van der Waals surface area contributed by atoms with Crippen LogP contribution in [0.2, 0.25) is 0 Å². The zero-order valence-electron chi connectivity index (χ0n) is 16.5. The lowest BCUT2D eigenvalue weighted by atomic mass is 9.94. The standard InChI is InChI=1S/C21H21F2N5O2S/c22-13-2-1-3-14(23)17(13)21-28-18(19(25)31-21)20(29)27-15-10-26-9-8-16(15)30-12-6-4-11(24)5-7-12/h1-3,8-12H,4-7,24-25H2,(H,27,29)/t11-,12-. The molecule has 2 aromatic heterocycles. The zero-order chi connectivity index (χ0) is 22.0. The molecule has 0 bridgehead atoms. The Balaban J connectivity index is 1.54. The van der Waals surface area contributed by atoms with E-state index in [0.717, 1.165) is 49.2 Å². The van der Waals surface area contributed by atoms with E-state index >= 15 is 0 Å². The number of hydrogen-bond acceptors (Lipinski definition) is 7. The van der Waals surface area contributed by atoms with Crippen LogP contribution in [-0.4, -0.2) is 28.0 Å². The Morgan fingerprint density at radius 3 is 2.58 bits per heavy atom. The number of ether oxygens (including phenoxy) is 1. The van der Waals surface area contributed by atoms with Gasteiger partial charge >= 0.3 is 0 Å². The summed E-state index contributed by atoms with van der Waals surface area (Å²) in [6.07, 6.45) is 6.43. The molecule has 1 aromatic carbocycles. The number of amides is 1. The van der Waals surface area contributed by atoms with E-state index in [1.54, 1.807) is 12.3 Å². The molecule has 1 aliphatic rings. The Hall–Kier alpha value is -3.11. The largest absolute Gasteiger partial charge is 0.488 e. The smallest absolute Gasteiger partial charge is 0.277 e. The number of carbonyl (C=O) groups is 1. The summed E-state index contributed by atoms with van der Waals surface area (Å²) in [6.45, 7) is 0. The van der Waals surface area contributed by atoms with Crippen LogP contribution in [0.4, 0.5) is 19.5 Å².